The van der Waals surface area contributed by atoms with Gasteiger partial charge in [0.25, 0.3) is 0 Å². The summed E-state index contributed by atoms with van der Waals surface area (Å²) in [7, 11) is 0. The van der Waals surface area contributed by atoms with Gasteiger partial charge < -0.3 is 5.32 Å². The third kappa shape index (κ3) is 2.14. The van der Waals surface area contributed by atoms with Gasteiger partial charge in [-0.1, -0.05) is 6.07 Å². The quantitative estimate of drug-likeness (QED) is 0.754. The van der Waals surface area contributed by atoms with Crippen LogP contribution in [-0.4, -0.2) is 9.97 Å². The van der Waals surface area contributed by atoms with Gasteiger partial charge in [-0.3, -0.25) is 0 Å². The molecule has 0 radical (unpaired) electrons. The topological polar surface area (TPSA) is 37.8 Å². The molecule has 0 bridgehead atoms. The SMILES string of the molecule is Cc1ccc(Nc2ncnc3sc(C)c(C)c23)cc1F. The third-order valence-corrected chi connectivity index (χ3v) is 4.52. The van der Waals surface area contributed by atoms with E-state index in [2.05, 4.69) is 29.1 Å². The predicted molar refractivity (Wildman–Crippen MR) is 81.3 cm³/mol. The van der Waals surface area contributed by atoms with Crippen LogP contribution in [0.2, 0.25) is 0 Å². The lowest BCUT2D eigenvalue weighted by Gasteiger charge is -2.08. The summed E-state index contributed by atoms with van der Waals surface area (Å²) < 4.78 is 13.6. The normalized spacial score (nSPS) is 11.0. The Morgan fingerprint density at radius 3 is 2.70 bits per heavy atom. The van der Waals surface area contributed by atoms with Crippen molar-refractivity contribution >= 4 is 33.1 Å². The summed E-state index contributed by atoms with van der Waals surface area (Å²) >= 11 is 1.64. The van der Waals surface area contributed by atoms with Crippen LogP contribution in [0.3, 0.4) is 0 Å². The molecule has 1 N–H and O–H groups in total. The molecule has 2 heterocycles. The molecule has 0 unspecified atom stereocenters. The molecule has 0 saturated carbocycles. The molecule has 2 aromatic heterocycles. The van der Waals surface area contributed by atoms with Gasteiger partial charge in [-0.05, 0) is 44.0 Å². The van der Waals surface area contributed by atoms with E-state index in [-0.39, 0.29) is 5.82 Å². The largest absolute Gasteiger partial charge is 0.339 e. The van der Waals surface area contributed by atoms with E-state index in [9.17, 15) is 4.39 Å². The number of hydrogen-bond acceptors (Lipinski definition) is 4. The monoisotopic (exact) mass is 287 g/mol. The molecule has 1 aromatic carbocycles. The number of anilines is 2. The molecule has 3 aromatic rings. The first-order valence-electron chi connectivity index (χ1n) is 6.30. The highest BCUT2D eigenvalue weighted by molar-refractivity contribution is 7.18. The fourth-order valence-corrected chi connectivity index (χ4v) is 3.08. The summed E-state index contributed by atoms with van der Waals surface area (Å²) in [5.41, 5.74) is 2.49. The molecular weight excluding hydrogens is 273 g/mol. The molecule has 20 heavy (non-hydrogen) atoms. The number of nitrogens with one attached hydrogen (secondary N) is 1. The van der Waals surface area contributed by atoms with E-state index in [0.717, 1.165) is 16.0 Å². The number of benzene rings is 1. The first-order valence-corrected chi connectivity index (χ1v) is 7.12. The lowest BCUT2D eigenvalue weighted by Crippen LogP contribution is -1.96. The highest BCUT2D eigenvalue weighted by atomic mass is 32.1. The minimum absolute atomic E-state index is 0.224. The molecule has 0 aliphatic heterocycles. The van der Waals surface area contributed by atoms with E-state index in [1.165, 1.54) is 22.8 Å². The number of hydrogen-bond donors (Lipinski definition) is 1. The summed E-state index contributed by atoms with van der Waals surface area (Å²) in [5, 5.41) is 4.19. The van der Waals surface area contributed by atoms with E-state index < -0.39 is 0 Å². The fourth-order valence-electron chi connectivity index (χ4n) is 2.08. The Labute approximate surface area is 120 Å². The van der Waals surface area contributed by atoms with Gasteiger partial charge in [-0.2, -0.15) is 0 Å². The average Bonchev–Trinajstić information content (AvgIpc) is 2.71. The van der Waals surface area contributed by atoms with Crippen LogP contribution in [0.4, 0.5) is 15.9 Å². The molecule has 0 fully saturated rings. The second-order valence-electron chi connectivity index (χ2n) is 4.77. The summed E-state index contributed by atoms with van der Waals surface area (Å²) in [4.78, 5) is 10.8. The third-order valence-electron chi connectivity index (χ3n) is 3.40. The van der Waals surface area contributed by atoms with Crippen molar-refractivity contribution < 1.29 is 4.39 Å². The molecule has 0 saturated heterocycles. The number of rotatable bonds is 2. The first-order chi connectivity index (χ1) is 9.56. The second kappa shape index (κ2) is 4.83. The van der Waals surface area contributed by atoms with E-state index in [0.29, 0.717) is 11.3 Å². The maximum Gasteiger partial charge on any atom is 0.142 e. The summed E-state index contributed by atoms with van der Waals surface area (Å²) in [5.74, 6) is 0.499. The Hall–Kier alpha value is -2.01. The minimum Gasteiger partial charge on any atom is -0.339 e. The number of aryl methyl sites for hydroxylation is 3. The molecule has 0 amide bonds. The number of aromatic nitrogens is 2. The average molecular weight is 287 g/mol. The van der Waals surface area contributed by atoms with Crippen molar-refractivity contribution in [2.75, 3.05) is 5.32 Å². The zero-order valence-corrected chi connectivity index (χ0v) is 12.3. The molecule has 0 aliphatic rings. The second-order valence-corrected chi connectivity index (χ2v) is 5.98. The summed E-state index contributed by atoms with van der Waals surface area (Å²) in [6.07, 6.45) is 1.53. The molecule has 0 spiro atoms. The van der Waals surface area contributed by atoms with Gasteiger partial charge in [0.15, 0.2) is 0 Å². The summed E-state index contributed by atoms with van der Waals surface area (Å²) in [6.45, 7) is 5.86. The van der Waals surface area contributed by atoms with E-state index in [1.54, 1.807) is 24.3 Å². The molecule has 5 heteroatoms. The van der Waals surface area contributed by atoms with Crippen molar-refractivity contribution in [3.63, 3.8) is 0 Å². The highest BCUT2D eigenvalue weighted by Gasteiger charge is 2.12. The van der Waals surface area contributed by atoms with E-state index >= 15 is 0 Å². The minimum atomic E-state index is -0.224. The molecule has 3 rings (SSSR count). The lowest BCUT2D eigenvalue weighted by molar-refractivity contribution is 0.619. The zero-order valence-electron chi connectivity index (χ0n) is 11.5. The van der Waals surface area contributed by atoms with Crippen LogP contribution in [0, 0.1) is 26.6 Å². The molecule has 102 valence electrons. The van der Waals surface area contributed by atoms with Gasteiger partial charge in [0.2, 0.25) is 0 Å². The van der Waals surface area contributed by atoms with Crippen LogP contribution in [0.15, 0.2) is 24.5 Å². The predicted octanol–water partition coefficient (Wildman–Crippen LogP) is 4.50. The number of nitrogens with zero attached hydrogens (tertiary/aromatic N) is 2. The number of thiophene rings is 1. The van der Waals surface area contributed by atoms with Crippen LogP contribution < -0.4 is 5.32 Å². The smallest absolute Gasteiger partial charge is 0.142 e. The Morgan fingerprint density at radius 2 is 1.95 bits per heavy atom. The van der Waals surface area contributed by atoms with Crippen molar-refractivity contribution in [3.05, 3.63) is 46.3 Å². The van der Waals surface area contributed by atoms with Gasteiger partial charge in [0.1, 0.15) is 22.8 Å². The van der Waals surface area contributed by atoms with Crippen molar-refractivity contribution in [3.8, 4) is 0 Å². The molecular formula is C15H14FN3S. The van der Waals surface area contributed by atoms with Gasteiger partial charge in [-0.25, -0.2) is 14.4 Å². The van der Waals surface area contributed by atoms with E-state index in [4.69, 9.17) is 0 Å². The Balaban J connectivity index is 2.08. The Kier molecular flexibility index (Phi) is 3.14. The molecule has 0 atom stereocenters. The van der Waals surface area contributed by atoms with Gasteiger partial charge in [0.05, 0.1) is 5.39 Å². The van der Waals surface area contributed by atoms with Crippen LogP contribution >= 0.6 is 11.3 Å². The van der Waals surface area contributed by atoms with Gasteiger partial charge in [-0.15, -0.1) is 11.3 Å². The van der Waals surface area contributed by atoms with E-state index in [1.807, 2.05) is 6.07 Å². The van der Waals surface area contributed by atoms with Crippen molar-refractivity contribution in [1.82, 2.24) is 9.97 Å². The number of halogens is 1. The van der Waals surface area contributed by atoms with Crippen LogP contribution in [0.25, 0.3) is 10.2 Å². The Morgan fingerprint density at radius 1 is 1.15 bits per heavy atom. The number of fused-ring (bicyclic) bond motifs is 1. The maximum atomic E-state index is 13.6. The van der Waals surface area contributed by atoms with Crippen LogP contribution in [-0.2, 0) is 0 Å². The van der Waals surface area contributed by atoms with Gasteiger partial charge in [0, 0.05) is 10.6 Å². The van der Waals surface area contributed by atoms with Crippen molar-refractivity contribution in [2.45, 2.75) is 20.8 Å². The molecule has 3 nitrogen and oxygen atoms in total. The molecule has 0 aliphatic carbocycles. The summed E-state index contributed by atoms with van der Waals surface area (Å²) in [6, 6.07) is 5.08. The lowest BCUT2D eigenvalue weighted by atomic mass is 10.2. The fraction of sp³-hybridized carbons (Fsp3) is 0.200. The first kappa shape index (κ1) is 13.0. The van der Waals surface area contributed by atoms with Crippen LogP contribution in [0.5, 0.6) is 0 Å². The standard InChI is InChI=1S/C15H14FN3S/c1-8-4-5-11(6-12(8)16)19-14-13-9(2)10(3)20-15(13)18-7-17-14/h4-7H,1-3H3,(H,17,18,19). The van der Waals surface area contributed by atoms with Crippen molar-refractivity contribution in [1.29, 1.82) is 0 Å². The van der Waals surface area contributed by atoms with Gasteiger partial charge >= 0.3 is 0 Å². The van der Waals surface area contributed by atoms with Crippen molar-refractivity contribution in [2.24, 2.45) is 0 Å². The maximum absolute atomic E-state index is 13.6. The van der Waals surface area contributed by atoms with Crippen LogP contribution in [0.1, 0.15) is 16.0 Å². The zero-order chi connectivity index (χ0) is 14.3. The highest BCUT2D eigenvalue weighted by Crippen LogP contribution is 2.33. The Bertz CT molecular complexity index is 795.